The van der Waals surface area contributed by atoms with E-state index in [0.29, 0.717) is 6.41 Å². The Morgan fingerprint density at radius 3 is 2.57 bits per heavy atom. The van der Waals surface area contributed by atoms with E-state index in [4.69, 9.17) is 11.6 Å². The zero-order valence-electron chi connectivity index (χ0n) is 3.48. The summed E-state index contributed by atoms with van der Waals surface area (Å²) in [4.78, 5) is 19.3. The largest absolute Gasteiger partial charge is 0.298 e. The number of hydrogen-bond acceptors (Lipinski definition) is 2. The fourth-order valence-corrected chi connectivity index (χ4v) is 0.181. The number of imide groups is 1. The molecule has 0 unspecified atom stereocenters. The van der Waals surface area contributed by atoms with Crippen molar-refractivity contribution in [3.8, 4) is 0 Å². The summed E-state index contributed by atoms with van der Waals surface area (Å²) in [6, 6.07) is 0. The lowest BCUT2D eigenvalue weighted by molar-refractivity contribution is -0.123. The van der Waals surface area contributed by atoms with Gasteiger partial charge in [-0.3, -0.25) is 14.9 Å². The van der Waals surface area contributed by atoms with E-state index in [0.717, 1.165) is 0 Å². The fraction of sp³-hybridized carbons (Fsp3) is 0.333. The number of carbonyl (C=O) groups excluding carboxylic acids is 2. The van der Waals surface area contributed by atoms with Crippen molar-refractivity contribution in [3.63, 3.8) is 0 Å². The zero-order valence-corrected chi connectivity index (χ0v) is 4.23. The fourth-order valence-electron chi connectivity index (χ4n) is 0.104. The van der Waals surface area contributed by atoms with E-state index >= 15 is 0 Å². The topological polar surface area (TPSA) is 46.2 Å². The Morgan fingerprint density at radius 2 is 2.43 bits per heavy atom. The number of nitrogens with one attached hydrogen (secondary N) is 1. The van der Waals surface area contributed by atoms with Crippen LogP contribution in [0, 0.1) is 0 Å². The van der Waals surface area contributed by atoms with Crippen LogP contribution >= 0.6 is 11.6 Å². The quantitative estimate of drug-likeness (QED) is 0.395. The van der Waals surface area contributed by atoms with Crippen LogP contribution in [0.2, 0.25) is 0 Å². The Bertz CT molecular complexity index is 83.0. The molecule has 0 aliphatic heterocycles. The molecule has 0 aliphatic carbocycles. The predicted molar refractivity (Wildman–Crippen MR) is 24.9 cm³/mol. The first kappa shape index (κ1) is 6.43. The normalized spacial score (nSPS) is 7.57. The van der Waals surface area contributed by atoms with Gasteiger partial charge >= 0.3 is 0 Å². The molecule has 2 amide bonds. The third kappa shape index (κ3) is 3.26. The van der Waals surface area contributed by atoms with E-state index in [9.17, 15) is 9.59 Å². The molecule has 0 heterocycles. The summed E-state index contributed by atoms with van der Waals surface area (Å²) in [6.45, 7) is 0. The van der Waals surface area contributed by atoms with E-state index < -0.39 is 5.91 Å². The maximum Gasteiger partial charge on any atom is 0.241 e. The highest BCUT2D eigenvalue weighted by Crippen LogP contribution is 1.69. The van der Waals surface area contributed by atoms with E-state index in [1.54, 1.807) is 0 Å². The van der Waals surface area contributed by atoms with Crippen molar-refractivity contribution in [1.29, 1.82) is 0 Å². The average Bonchev–Trinajstić information content (AvgIpc) is 1.68. The van der Waals surface area contributed by atoms with Gasteiger partial charge in [0.25, 0.3) is 0 Å². The van der Waals surface area contributed by atoms with E-state index in [1.165, 1.54) is 0 Å². The number of amides is 2. The molecular weight excluding hydrogens is 117 g/mol. The number of alkyl halides is 1. The van der Waals surface area contributed by atoms with Gasteiger partial charge in [0.2, 0.25) is 12.3 Å². The molecule has 0 aromatic rings. The van der Waals surface area contributed by atoms with Gasteiger partial charge in [-0.15, -0.1) is 11.6 Å². The van der Waals surface area contributed by atoms with Crippen LogP contribution in [0.5, 0.6) is 0 Å². The molecule has 7 heavy (non-hydrogen) atoms. The lowest BCUT2D eigenvalue weighted by Crippen LogP contribution is -2.21. The minimum absolute atomic E-state index is 0.168. The van der Waals surface area contributed by atoms with Gasteiger partial charge in [0.05, 0.1) is 0 Å². The van der Waals surface area contributed by atoms with Crippen LogP contribution in [0.3, 0.4) is 0 Å². The summed E-state index contributed by atoms with van der Waals surface area (Å²) in [6.07, 6.45) is 0.296. The molecule has 0 spiro atoms. The maximum absolute atomic E-state index is 9.94. The lowest BCUT2D eigenvalue weighted by atomic mass is 10.7. The number of halogens is 1. The molecule has 4 heteroatoms. The van der Waals surface area contributed by atoms with Gasteiger partial charge in [-0.25, -0.2) is 0 Å². The Morgan fingerprint density at radius 1 is 1.86 bits per heavy atom. The van der Waals surface area contributed by atoms with Crippen LogP contribution in [0.15, 0.2) is 0 Å². The summed E-state index contributed by atoms with van der Waals surface area (Å²) in [5.74, 6) is -0.643. The molecule has 0 bridgehead atoms. The summed E-state index contributed by atoms with van der Waals surface area (Å²) in [5, 5.41) is 1.84. The molecule has 0 saturated carbocycles. The van der Waals surface area contributed by atoms with Gasteiger partial charge < -0.3 is 0 Å². The predicted octanol–water partition coefficient (Wildman–Crippen LogP) is -0.502. The lowest BCUT2D eigenvalue weighted by Gasteiger charge is -1.84. The van der Waals surface area contributed by atoms with Crippen molar-refractivity contribution in [1.82, 2.24) is 5.32 Å². The molecule has 0 fully saturated rings. The molecule has 0 aliphatic rings. The Kier molecular flexibility index (Phi) is 3.32. The Balaban J connectivity index is 3.17. The third-order valence-electron chi connectivity index (χ3n) is 0.341. The number of hydrogen-bond donors (Lipinski definition) is 1. The molecule has 0 aromatic heterocycles. The molecule has 0 saturated heterocycles. The highest BCUT2D eigenvalue weighted by Gasteiger charge is 1.90. The monoisotopic (exact) mass is 121 g/mol. The first-order valence-corrected chi connectivity index (χ1v) is 2.13. The Hall–Kier alpha value is -0.570. The SMILES string of the molecule is O=CNC(=O)CCl. The van der Waals surface area contributed by atoms with Gasteiger partial charge in [-0.05, 0) is 0 Å². The van der Waals surface area contributed by atoms with Crippen LogP contribution in [-0.2, 0) is 9.59 Å². The van der Waals surface area contributed by atoms with Crippen LogP contribution < -0.4 is 5.32 Å². The van der Waals surface area contributed by atoms with Gasteiger partial charge in [0, 0.05) is 0 Å². The van der Waals surface area contributed by atoms with Crippen molar-refractivity contribution in [2.24, 2.45) is 0 Å². The summed E-state index contributed by atoms with van der Waals surface area (Å²) in [7, 11) is 0. The van der Waals surface area contributed by atoms with Crippen molar-refractivity contribution in [2.45, 2.75) is 0 Å². The van der Waals surface area contributed by atoms with Gasteiger partial charge in [-0.1, -0.05) is 0 Å². The van der Waals surface area contributed by atoms with Crippen LogP contribution in [-0.4, -0.2) is 18.2 Å². The molecule has 0 rings (SSSR count). The molecule has 1 N–H and O–H groups in total. The minimum Gasteiger partial charge on any atom is -0.298 e. The van der Waals surface area contributed by atoms with E-state index in [-0.39, 0.29) is 5.88 Å². The van der Waals surface area contributed by atoms with Gasteiger partial charge in [-0.2, -0.15) is 0 Å². The van der Waals surface area contributed by atoms with Crippen LogP contribution in [0.1, 0.15) is 0 Å². The van der Waals surface area contributed by atoms with Crippen molar-refractivity contribution >= 4 is 23.9 Å². The number of carbonyl (C=O) groups is 2. The molecule has 40 valence electrons. The summed E-state index contributed by atoms with van der Waals surface area (Å²) >= 11 is 4.96. The Labute approximate surface area is 45.6 Å². The second kappa shape index (κ2) is 3.61. The van der Waals surface area contributed by atoms with Crippen molar-refractivity contribution in [3.05, 3.63) is 0 Å². The van der Waals surface area contributed by atoms with Crippen LogP contribution in [0.25, 0.3) is 0 Å². The summed E-state index contributed by atoms with van der Waals surface area (Å²) < 4.78 is 0. The summed E-state index contributed by atoms with van der Waals surface area (Å²) in [5.41, 5.74) is 0. The molecule has 0 atom stereocenters. The highest BCUT2D eigenvalue weighted by atomic mass is 35.5. The molecule has 0 aromatic carbocycles. The van der Waals surface area contributed by atoms with Crippen molar-refractivity contribution in [2.75, 3.05) is 5.88 Å². The second-order valence-electron chi connectivity index (χ2n) is 0.819. The van der Waals surface area contributed by atoms with Gasteiger partial charge in [0.15, 0.2) is 0 Å². The molecule has 0 radical (unpaired) electrons. The maximum atomic E-state index is 9.94. The first-order chi connectivity index (χ1) is 3.31. The average molecular weight is 122 g/mol. The van der Waals surface area contributed by atoms with E-state index in [2.05, 4.69) is 0 Å². The third-order valence-corrected chi connectivity index (χ3v) is 0.584. The smallest absolute Gasteiger partial charge is 0.241 e. The highest BCUT2D eigenvalue weighted by molar-refractivity contribution is 6.27. The molecule has 3 nitrogen and oxygen atoms in total. The second-order valence-corrected chi connectivity index (χ2v) is 1.09. The van der Waals surface area contributed by atoms with E-state index in [1.807, 2.05) is 5.32 Å². The van der Waals surface area contributed by atoms with Crippen molar-refractivity contribution < 1.29 is 9.59 Å². The van der Waals surface area contributed by atoms with Gasteiger partial charge in [0.1, 0.15) is 5.88 Å². The molecular formula is C3H4ClNO2. The standard InChI is InChI=1S/C3H4ClNO2/c4-1-3(7)5-2-6/h2H,1H2,(H,5,6,7). The number of rotatable bonds is 2. The van der Waals surface area contributed by atoms with Crippen LogP contribution in [0.4, 0.5) is 0 Å². The first-order valence-electron chi connectivity index (χ1n) is 1.60. The minimum atomic E-state index is -0.475. The zero-order chi connectivity index (χ0) is 5.70.